The molecule has 0 aliphatic carbocycles. The second kappa shape index (κ2) is 9.42. The van der Waals surface area contributed by atoms with E-state index in [4.69, 9.17) is 9.84 Å². The quantitative estimate of drug-likeness (QED) is 0.757. The van der Waals surface area contributed by atoms with Crippen LogP contribution >= 0.6 is 0 Å². The maximum absolute atomic E-state index is 12.3. The van der Waals surface area contributed by atoms with Crippen molar-refractivity contribution in [2.45, 2.75) is 26.4 Å². The number of nitrogens with zero attached hydrogens (tertiary/aromatic N) is 2. The first kappa shape index (κ1) is 18.4. The van der Waals surface area contributed by atoms with E-state index in [2.05, 4.69) is 4.98 Å². The van der Waals surface area contributed by atoms with Gasteiger partial charge in [0.2, 0.25) is 5.91 Å². The molecule has 6 nitrogen and oxygen atoms in total. The topological polar surface area (TPSA) is 79.7 Å². The SMILES string of the molecule is CCN(CCC(=O)O)C(=O)Cc1cccc(OCc2cccnc2)c1. The third kappa shape index (κ3) is 6.25. The molecule has 0 radical (unpaired) electrons. The number of hydrogen-bond acceptors (Lipinski definition) is 4. The summed E-state index contributed by atoms with van der Waals surface area (Å²) in [7, 11) is 0. The lowest BCUT2D eigenvalue weighted by Crippen LogP contribution is -2.34. The molecule has 0 fully saturated rings. The fraction of sp³-hybridized carbons (Fsp3) is 0.316. The number of hydrogen-bond donors (Lipinski definition) is 1. The lowest BCUT2D eigenvalue weighted by molar-refractivity contribution is -0.138. The number of rotatable bonds is 9. The number of aromatic nitrogens is 1. The van der Waals surface area contributed by atoms with E-state index in [1.54, 1.807) is 17.3 Å². The predicted molar refractivity (Wildman–Crippen MR) is 93.2 cm³/mol. The predicted octanol–water partition coefficient (Wildman–Crippen LogP) is 2.53. The Hall–Kier alpha value is -2.89. The minimum Gasteiger partial charge on any atom is -0.489 e. The summed E-state index contributed by atoms with van der Waals surface area (Å²) in [5, 5.41) is 8.76. The molecule has 25 heavy (non-hydrogen) atoms. The van der Waals surface area contributed by atoms with Gasteiger partial charge in [0, 0.05) is 31.0 Å². The normalized spacial score (nSPS) is 10.3. The van der Waals surface area contributed by atoms with Crippen LogP contribution < -0.4 is 4.74 Å². The number of carboxylic acid groups (broad SMARTS) is 1. The Kier molecular flexibility index (Phi) is 6.95. The summed E-state index contributed by atoms with van der Waals surface area (Å²) in [4.78, 5) is 28.6. The van der Waals surface area contributed by atoms with Crippen LogP contribution in [0.3, 0.4) is 0 Å². The standard InChI is InChI=1S/C19H22N2O4/c1-2-21(10-8-19(23)24)18(22)12-15-5-3-7-17(11-15)25-14-16-6-4-9-20-13-16/h3-7,9,11,13H,2,8,10,12,14H2,1H3,(H,23,24). The molecule has 2 rings (SSSR count). The highest BCUT2D eigenvalue weighted by Gasteiger charge is 2.14. The number of pyridine rings is 1. The van der Waals surface area contributed by atoms with Crippen molar-refractivity contribution in [3.63, 3.8) is 0 Å². The van der Waals surface area contributed by atoms with Crippen molar-refractivity contribution in [3.05, 3.63) is 59.9 Å². The van der Waals surface area contributed by atoms with Gasteiger partial charge >= 0.3 is 5.97 Å². The van der Waals surface area contributed by atoms with Gasteiger partial charge in [0.05, 0.1) is 12.8 Å². The molecular weight excluding hydrogens is 320 g/mol. The second-order valence-electron chi connectivity index (χ2n) is 5.59. The molecule has 1 amide bonds. The van der Waals surface area contributed by atoms with Gasteiger partial charge in [-0.25, -0.2) is 0 Å². The number of carbonyl (C=O) groups excluding carboxylic acids is 1. The van der Waals surface area contributed by atoms with Gasteiger partial charge in [0.25, 0.3) is 0 Å². The largest absolute Gasteiger partial charge is 0.489 e. The zero-order chi connectivity index (χ0) is 18.1. The first-order valence-corrected chi connectivity index (χ1v) is 8.18. The van der Waals surface area contributed by atoms with Gasteiger partial charge in [-0.3, -0.25) is 14.6 Å². The number of carboxylic acids is 1. The minimum atomic E-state index is -0.906. The molecule has 132 valence electrons. The highest BCUT2D eigenvalue weighted by atomic mass is 16.5. The zero-order valence-corrected chi connectivity index (χ0v) is 14.2. The Labute approximate surface area is 147 Å². The van der Waals surface area contributed by atoms with Gasteiger partial charge in [-0.05, 0) is 30.7 Å². The second-order valence-corrected chi connectivity index (χ2v) is 5.59. The molecule has 1 aromatic carbocycles. The molecule has 1 N–H and O–H groups in total. The monoisotopic (exact) mass is 342 g/mol. The molecule has 6 heteroatoms. The van der Waals surface area contributed by atoms with Crippen LogP contribution in [0.2, 0.25) is 0 Å². The van der Waals surface area contributed by atoms with Crippen molar-refractivity contribution in [3.8, 4) is 5.75 Å². The van der Waals surface area contributed by atoms with Crippen LogP contribution in [0.5, 0.6) is 5.75 Å². The van der Waals surface area contributed by atoms with Gasteiger partial charge in [-0.2, -0.15) is 0 Å². The lowest BCUT2D eigenvalue weighted by Gasteiger charge is -2.20. The Morgan fingerprint density at radius 2 is 2.00 bits per heavy atom. The molecule has 0 saturated heterocycles. The number of amides is 1. The van der Waals surface area contributed by atoms with Crippen LogP contribution in [0.15, 0.2) is 48.8 Å². The molecule has 0 unspecified atom stereocenters. The van der Waals surface area contributed by atoms with Gasteiger partial charge in [0.15, 0.2) is 0 Å². The van der Waals surface area contributed by atoms with Crippen LogP contribution in [-0.4, -0.2) is 40.0 Å². The van der Waals surface area contributed by atoms with E-state index >= 15 is 0 Å². The van der Waals surface area contributed by atoms with E-state index in [9.17, 15) is 9.59 Å². The van der Waals surface area contributed by atoms with E-state index in [0.717, 1.165) is 11.1 Å². The molecule has 1 aromatic heterocycles. The summed E-state index contributed by atoms with van der Waals surface area (Å²) in [6.07, 6.45) is 3.62. The fourth-order valence-corrected chi connectivity index (χ4v) is 2.37. The molecule has 0 spiro atoms. The number of ether oxygens (including phenoxy) is 1. The average Bonchev–Trinajstić information content (AvgIpc) is 2.61. The zero-order valence-electron chi connectivity index (χ0n) is 14.2. The van der Waals surface area contributed by atoms with E-state index in [1.807, 2.05) is 43.3 Å². The highest BCUT2D eigenvalue weighted by molar-refractivity contribution is 5.79. The Morgan fingerprint density at radius 1 is 1.20 bits per heavy atom. The average molecular weight is 342 g/mol. The summed E-state index contributed by atoms with van der Waals surface area (Å²) in [6, 6.07) is 11.2. The van der Waals surface area contributed by atoms with Crippen molar-refractivity contribution < 1.29 is 19.4 Å². The highest BCUT2D eigenvalue weighted by Crippen LogP contribution is 2.16. The summed E-state index contributed by atoms with van der Waals surface area (Å²) in [5.41, 5.74) is 1.80. The van der Waals surface area contributed by atoms with Gasteiger partial charge < -0.3 is 14.7 Å². The van der Waals surface area contributed by atoms with Gasteiger partial charge in [-0.1, -0.05) is 18.2 Å². The smallest absolute Gasteiger partial charge is 0.305 e. The van der Waals surface area contributed by atoms with Crippen molar-refractivity contribution >= 4 is 11.9 Å². The number of likely N-dealkylation sites (N-methyl/N-ethyl adjacent to an activating group) is 1. The van der Waals surface area contributed by atoms with Crippen LogP contribution in [0.1, 0.15) is 24.5 Å². The molecule has 1 heterocycles. The van der Waals surface area contributed by atoms with Gasteiger partial charge in [-0.15, -0.1) is 0 Å². The number of carbonyl (C=O) groups is 2. The first-order chi connectivity index (χ1) is 12.1. The molecular formula is C19H22N2O4. The minimum absolute atomic E-state index is 0.0478. The third-order valence-electron chi connectivity index (χ3n) is 3.71. The molecule has 0 aliphatic heterocycles. The number of aliphatic carboxylic acids is 1. The maximum atomic E-state index is 12.3. The van der Waals surface area contributed by atoms with Gasteiger partial charge in [0.1, 0.15) is 12.4 Å². The van der Waals surface area contributed by atoms with Crippen molar-refractivity contribution in [2.75, 3.05) is 13.1 Å². The Bertz CT molecular complexity index is 704. The van der Waals surface area contributed by atoms with Crippen LogP contribution in [-0.2, 0) is 22.6 Å². The van der Waals surface area contributed by atoms with E-state index in [0.29, 0.717) is 18.9 Å². The van der Waals surface area contributed by atoms with E-state index in [1.165, 1.54) is 0 Å². The van der Waals surface area contributed by atoms with Crippen LogP contribution in [0, 0.1) is 0 Å². The van der Waals surface area contributed by atoms with Crippen molar-refractivity contribution in [2.24, 2.45) is 0 Å². The van der Waals surface area contributed by atoms with E-state index < -0.39 is 5.97 Å². The molecule has 0 aliphatic rings. The summed E-state index contributed by atoms with van der Waals surface area (Å²) in [6.45, 7) is 2.96. The maximum Gasteiger partial charge on any atom is 0.305 e. The van der Waals surface area contributed by atoms with E-state index in [-0.39, 0.29) is 25.3 Å². The summed E-state index contributed by atoms with van der Waals surface area (Å²) < 4.78 is 5.74. The molecule has 0 saturated carbocycles. The Balaban J connectivity index is 1.93. The Morgan fingerprint density at radius 3 is 2.68 bits per heavy atom. The van der Waals surface area contributed by atoms with Crippen molar-refractivity contribution in [1.29, 1.82) is 0 Å². The summed E-state index contributed by atoms with van der Waals surface area (Å²) in [5.74, 6) is -0.312. The fourth-order valence-electron chi connectivity index (χ4n) is 2.37. The first-order valence-electron chi connectivity index (χ1n) is 8.18. The summed E-state index contributed by atoms with van der Waals surface area (Å²) >= 11 is 0. The molecule has 0 bridgehead atoms. The molecule has 2 aromatic rings. The lowest BCUT2D eigenvalue weighted by atomic mass is 10.1. The van der Waals surface area contributed by atoms with Crippen LogP contribution in [0.4, 0.5) is 0 Å². The third-order valence-corrected chi connectivity index (χ3v) is 3.71. The van der Waals surface area contributed by atoms with Crippen molar-refractivity contribution in [1.82, 2.24) is 9.88 Å². The van der Waals surface area contributed by atoms with Crippen LogP contribution in [0.25, 0.3) is 0 Å². The number of benzene rings is 1. The molecule has 0 atom stereocenters.